The Hall–Kier alpha value is -4.40. The Bertz CT molecular complexity index is 1920. The average Bonchev–Trinajstić information content (AvgIpc) is 3.46. The lowest BCUT2D eigenvalue weighted by molar-refractivity contribution is 0.00578. The maximum absolute atomic E-state index is 15.2. The molecular weight excluding hydrogens is 516 g/mol. The van der Waals surface area contributed by atoms with E-state index in [1.807, 2.05) is 100 Å². The van der Waals surface area contributed by atoms with Gasteiger partial charge in [-0.3, -0.25) is 0 Å². The van der Waals surface area contributed by atoms with Gasteiger partial charge in [0.25, 0.3) is 0 Å². The number of furan rings is 1. The van der Waals surface area contributed by atoms with Gasteiger partial charge in [0.15, 0.2) is 17.5 Å². The minimum Gasteiger partial charge on any atom is -0.455 e. The van der Waals surface area contributed by atoms with Gasteiger partial charge in [0.2, 0.25) is 0 Å². The Balaban J connectivity index is 1.41. The van der Waals surface area contributed by atoms with Crippen LogP contribution in [0.3, 0.4) is 0 Å². The molecule has 0 atom stereocenters. The monoisotopic (exact) mass is 543 g/mol. The molecule has 8 heteroatoms. The Morgan fingerprint density at radius 3 is 2.02 bits per heavy atom. The predicted octanol–water partition coefficient (Wildman–Crippen LogP) is 7.21. The molecule has 4 aromatic carbocycles. The van der Waals surface area contributed by atoms with Crippen LogP contribution < -0.4 is 5.46 Å². The molecule has 0 unspecified atom stereocenters. The third kappa shape index (κ3) is 4.31. The summed E-state index contributed by atoms with van der Waals surface area (Å²) in [5, 5.41) is 2.00. The molecular formula is C33H27BFN3O3. The summed E-state index contributed by atoms with van der Waals surface area (Å²) in [4.78, 5) is 14.6. The van der Waals surface area contributed by atoms with Crippen molar-refractivity contribution in [2.75, 3.05) is 0 Å². The van der Waals surface area contributed by atoms with E-state index in [2.05, 4.69) is 0 Å². The van der Waals surface area contributed by atoms with Crippen molar-refractivity contribution < 1.29 is 18.1 Å². The molecule has 0 aliphatic carbocycles. The summed E-state index contributed by atoms with van der Waals surface area (Å²) in [7, 11) is -0.862. The molecule has 0 N–H and O–H groups in total. The zero-order valence-corrected chi connectivity index (χ0v) is 23.2. The van der Waals surface area contributed by atoms with Crippen LogP contribution in [0.1, 0.15) is 27.7 Å². The van der Waals surface area contributed by atoms with E-state index >= 15 is 4.39 Å². The number of benzene rings is 4. The molecule has 41 heavy (non-hydrogen) atoms. The lowest BCUT2D eigenvalue weighted by atomic mass is 9.78. The largest absolute Gasteiger partial charge is 0.497 e. The van der Waals surface area contributed by atoms with E-state index in [0.29, 0.717) is 34.1 Å². The maximum Gasteiger partial charge on any atom is 0.497 e. The van der Waals surface area contributed by atoms with Gasteiger partial charge in [-0.2, -0.15) is 0 Å². The third-order valence-electron chi connectivity index (χ3n) is 8.07. The highest BCUT2D eigenvalue weighted by Crippen LogP contribution is 2.38. The summed E-state index contributed by atoms with van der Waals surface area (Å²) >= 11 is 0. The van der Waals surface area contributed by atoms with E-state index in [0.717, 1.165) is 27.5 Å². The van der Waals surface area contributed by atoms with Crippen molar-refractivity contribution in [1.82, 2.24) is 15.0 Å². The zero-order chi connectivity index (χ0) is 28.4. The zero-order valence-electron chi connectivity index (χ0n) is 23.2. The second kappa shape index (κ2) is 9.33. The number of rotatable bonds is 4. The highest BCUT2D eigenvalue weighted by molar-refractivity contribution is 6.62. The maximum atomic E-state index is 15.2. The summed E-state index contributed by atoms with van der Waals surface area (Å²) < 4.78 is 33.8. The van der Waals surface area contributed by atoms with Crippen molar-refractivity contribution in [3.8, 4) is 34.2 Å². The topological polar surface area (TPSA) is 70.3 Å². The van der Waals surface area contributed by atoms with Gasteiger partial charge in [0, 0.05) is 27.4 Å². The smallest absolute Gasteiger partial charge is 0.455 e. The summed E-state index contributed by atoms with van der Waals surface area (Å²) in [6.45, 7) is 7.77. The predicted molar refractivity (Wildman–Crippen MR) is 159 cm³/mol. The Morgan fingerprint density at radius 2 is 1.27 bits per heavy atom. The van der Waals surface area contributed by atoms with Crippen LogP contribution in [0, 0.1) is 5.82 Å². The van der Waals surface area contributed by atoms with Gasteiger partial charge in [-0.25, -0.2) is 19.3 Å². The van der Waals surface area contributed by atoms with E-state index in [4.69, 9.17) is 28.7 Å². The summed E-state index contributed by atoms with van der Waals surface area (Å²) in [6, 6.07) is 28.4. The molecule has 1 fully saturated rings. The van der Waals surface area contributed by atoms with E-state index in [1.54, 1.807) is 12.1 Å². The van der Waals surface area contributed by atoms with Crippen LogP contribution in [0.4, 0.5) is 4.39 Å². The molecule has 3 heterocycles. The number of hydrogen-bond acceptors (Lipinski definition) is 6. The van der Waals surface area contributed by atoms with Crippen LogP contribution in [0.5, 0.6) is 0 Å². The van der Waals surface area contributed by atoms with Crippen LogP contribution >= 0.6 is 0 Å². The Kier molecular flexibility index (Phi) is 5.82. The van der Waals surface area contributed by atoms with Gasteiger partial charge in [0.05, 0.1) is 16.8 Å². The van der Waals surface area contributed by atoms with Crippen molar-refractivity contribution in [2.45, 2.75) is 38.9 Å². The highest BCUT2D eigenvalue weighted by Gasteiger charge is 2.52. The van der Waals surface area contributed by atoms with Crippen molar-refractivity contribution >= 4 is 34.5 Å². The van der Waals surface area contributed by atoms with Crippen LogP contribution in [-0.4, -0.2) is 33.3 Å². The van der Waals surface area contributed by atoms with Crippen LogP contribution in [-0.2, 0) is 9.31 Å². The standard InChI is InChI=1S/C33H27BFN3O3/c1-32(2)33(3,4)41-34(40-32)25-19-21(17-18-26(25)35)30-36-29(20-11-6-5-7-12-20)37-31(38-30)24-15-10-14-23-22-13-8-9-16-27(22)39-28(23)24/h5-19H,1-4H3. The number of fused-ring (bicyclic) bond motifs is 3. The first-order chi connectivity index (χ1) is 19.7. The Morgan fingerprint density at radius 1 is 0.634 bits per heavy atom. The molecule has 0 amide bonds. The lowest BCUT2D eigenvalue weighted by Crippen LogP contribution is -2.41. The minimum atomic E-state index is -0.862. The molecule has 0 saturated carbocycles. The highest BCUT2D eigenvalue weighted by atomic mass is 19.1. The summed E-state index contributed by atoms with van der Waals surface area (Å²) in [5.74, 6) is 0.942. The normalized spacial score (nSPS) is 16.1. The van der Waals surface area contributed by atoms with Crippen molar-refractivity contribution in [3.05, 3.63) is 96.8 Å². The van der Waals surface area contributed by atoms with Crippen molar-refractivity contribution in [3.63, 3.8) is 0 Å². The number of hydrogen-bond donors (Lipinski definition) is 0. The van der Waals surface area contributed by atoms with E-state index < -0.39 is 24.1 Å². The molecule has 0 bridgehead atoms. The fourth-order valence-electron chi connectivity index (χ4n) is 5.10. The van der Waals surface area contributed by atoms with Crippen LogP contribution in [0.25, 0.3) is 56.1 Å². The average molecular weight is 543 g/mol. The van der Waals surface area contributed by atoms with Gasteiger partial charge >= 0.3 is 7.12 Å². The summed E-state index contributed by atoms with van der Waals surface area (Å²) in [5.41, 5.74) is 2.77. The molecule has 0 spiro atoms. The van der Waals surface area contributed by atoms with Crippen LogP contribution in [0.15, 0.2) is 95.4 Å². The second-order valence-corrected chi connectivity index (χ2v) is 11.3. The fraction of sp³-hybridized carbons (Fsp3) is 0.182. The van der Waals surface area contributed by atoms with Crippen molar-refractivity contribution in [1.29, 1.82) is 0 Å². The first kappa shape index (κ1) is 25.6. The number of nitrogens with zero attached hydrogens (tertiary/aromatic N) is 3. The molecule has 2 aromatic heterocycles. The molecule has 1 saturated heterocycles. The number of para-hydroxylation sites is 2. The third-order valence-corrected chi connectivity index (χ3v) is 8.07. The SMILES string of the molecule is CC1(C)OB(c2cc(-c3nc(-c4ccccc4)nc(-c4cccc5c4oc4ccccc45)n3)ccc2F)OC1(C)C. The quantitative estimate of drug-likeness (QED) is 0.219. The second-order valence-electron chi connectivity index (χ2n) is 11.3. The molecule has 6 nitrogen and oxygen atoms in total. The molecule has 202 valence electrons. The Labute approximate surface area is 237 Å². The lowest BCUT2D eigenvalue weighted by Gasteiger charge is -2.32. The minimum absolute atomic E-state index is 0.295. The molecule has 1 aliphatic rings. The first-order valence-corrected chi connectivity index (χ1v) is 13.6. The molecule has 7 rings (SSSR count). The van der Waals surface area contributed by atoms with Gasteiger partial charge in [0.1, 0.15) is 17.0 Å². The fourth-order valence-corrected chi connectivity index (χ4v) is 5.10. The van der Waals surface area contributed by atoms with E-state index in [9.17, 15) is 0 Å². The summed E-state index contributed by atoms with van der Waals surface area (Å²) in [6.07, 6.45) is 0. The molecule has 0 radical (unpaired) electrons. The molecule has 1 aliphatic heterocycles. The number of aromatic nitrogens is 3. The van der Waals surface area contributed by atoms with Gasteiger partial charge < -0.3 is 13.7 Å². The van der Waals surface area contributed by atoms with E-state index in [-0.39, 0.29) is 0 Å². The van der Waals surface area contributed by atoms with Gasteiger partial charge in [-0.15, -0.1) is 0 Å². The van der Waals surface area contributed by atoms with Crippen molar-refractivity contribution in [2.24, 2.45) is 0 Å². The molecule has 6 aromatic rings. The van der Waals surface area contributed by atoms with Crippen LogP contribution in [0.2, 0.25) is 0 Å². The van der Waals surface area contributed by atoms with Gasteiger partial charge in [-0.05, 0) is 58.0 Å². The van der Waals surface area contributed by atoms with Gasteiger partial charge in [-0.1, -0.05) is 60.7 Å². The number of halogens is 1. The first-order valence-electron chi connectivity index (χ1n) is 13.6. The van der Waals surface area contributed by atoms with E-state index in [1.165, 1.54) is 6.07 Å².